The molecule has 1 heterocycles. The molecule has 0 saturated carbocycles. The van der Waals surface area contributed by atoms with Crippen LogP contribution in [0.4, 0.5) is 0 Å². The van der Waals surface area contributed by atoms with Gasteiger partial charge in [-0.05, 0) is 56.3 Å². The van der Waals surface area contributed by atoms with Crippen LogP contribution in [-0.4, -0.2) is 13.1 Å². The van der Waals surface area contributed by atoms with Gasteiger partial charge < -0.3 is 5.32 Å². The van der Waals surface area contributed by atoms with E-state index >= 15 is 0 Å². The standard InChI is InChI=1S/C16H21NS/c1-12-6-7-13(2)14(9-12)10-15(17-3)11-16-5-4-8-18-16/h4-9,15,17H,10-11H2,1-3H3. The quantitative estimate of drug-likeness (QED) is 0.862. The SMILES string of the molecule is CNC(Cc1cccs1)Cc1cc(C)ccc1C. The van der Waals surface area contributed by atoms with Crippen molar-refractivity contribution in [3.63, 3.8) is 0 Å². The van der Waals surface area contributed by atoms with Crippen molar-refractivity contribution in [3.8, 4) is 0 Å². The van der Waals surface area contributed by atoms with E-state index < -0.39 is 0 Å². The number of nitrogens with one attached hydrogen (secondary N) is 1. The van der Waals surface area contributed by atoms with Gasteiger partial charge in [0, 0.05) is 10.9 Å². The fourth-order valence-electron chi connectivity index (χ4n) is 2.23. The first kappa shape index (κ1) is 13.3. The van der Waals surface area contributed by atoms with E-state index in [0.29, 0.717) is 6.04 Å². The fraction of sp³-hybridized carbons (Fsp3) is 0.375. The van der Waals surface area contributed by atoms with E-state index in [9.17, 15) is 0 Å². The maximum absolute atomic E-state index is 3.44. The van der Waals surface area contributed by atoms with Crippen molar-refractivity contribution in [2.24, 2.45) is 0 Å². The minimum Gasteiger partial charge on any atom is -0.316 e. The van der Waals surface area contributed by atoms with Crippen molar-refractivity contribution in [2.45, 2.75) is 32.7 Å². The lowest BCUT2D eigenvalue weighted by Gasteiger charge is -2.17. The molecule has 1 atom stereocenters. The molecule has 1 N–H and O–H groups in total. The Morgan fingerprint density at radius 3 is 2.67 bits per heavy atom. The number of hydrogen-bond acceptors (Lipinski definition) is 2. The molecule has 18 heavy (non-hydrogen) atoms. The largest absolute Gasteiger partial charge is 0.316 e. The summed E-state index contributed by atoms with van der Waals surface area (Å²) in [4.78, 5) is 1.46. The molecule has 0 spiro atoms. The summed E-state index contributed by atoms with van der Waals surface area (Å²) in [5.41, 5.74) is 4.21. The average Bonchev–Trinajstić information content (AvgIpc) is 2.85. The number of hydrogen-bond donors (Lipinski definition) is 1. The molecule has 2 heteroatoms. The van der Waals surface area contributed by atoms with Gasteiger partial charge in [0.05, 0.1) is 0 Å². The minimum atomic E-state index is 0.518. The number of aryl methyl sites for hydroxylation is 2. The molecule has 0 fully saturated rings. The van der Waals surface area contributed by atoms with E-state index in [1.54, 1.807) is 0 Å². The highest BCUT2D eigenvalue weighted by Gasteiger charge is 2.10. The summed E-state index contributed by atoms with van der Waals surface area (Å²) < 4.78 is 0. The van der Waals surface area contributed by atoms with E-state index in [1.807, 2.05) is 11.3 Å². The Bertz CT molecular complexity index is 488. The molecule has 1 nitrogen and oxygen atoms in total. The zero-order chi connectivity index (χ0) is 13.0. The summed E-state index contributed by atoms with van der Waals surface area (Å²) in [5, 5.41) is 5.59. The average molecular weight is 259 g/mol. The van der Waals surface area contributed by atoms with Crippen LogP contribution in [0.2, 0.25) is 0 Å². The molecule has 2 aromatic rings. The first-order valence-corrected chi connectivity index (χ1v) is 7.33. The summed E-state index contributed by atoms with van der Waals surface area (Å²) in [7, 11) is 2.06. The van der Waals surface area contributed by atoms with E-state index in [0.717, 1.165) is 12.8 Å². The van der Waals surface area contributed by atoms with Gasteiger partial charge in [0.25, 0.3) is 0 Å². The molecule has 1 unspecified atom stereocenters. The second kappa shape index (κ2) is 6.17. The Morgan fingerprint density at radius 1 is 1.17 bits per heavy atom. The fourth-order valence-corrected chi connectivity index (χ4v) is 3.02. The van der Waals surface area contributed by atoms with E-state index in [4.69, 9.17) is 0 Å². The van der Waals surface area contributed by atoms with Crippen LogP contribution in [0.25, 0.3) is 0 Å². The molecule has 0 aliphatic rings. The summed E-state index contributed by atoms with van der Waals surface area (Å²) in [5.74, 6) is 0. The maximum atomic E-state index is 3.44. The van der Waals surface area contributed by atoms with Crippen LogP contribution in [0.3, 0.4) is 0 Å². The molecule has 2 rings (SSSR count). The van der Waals surface area contributed by atoms with Crippen LogP contribution >= 0.6 is 11.3 Å². The second-order valence-electron chi connectivity index (χ2n) is 4.90. The van der Waals surface area contributed by atoms with Crippen LogP contribution in [0.5, 0.6) is 0 Å². The van der Waals surface area contributed by atoms with Crippen molar-refractivity contribution in [3.05, 3.63) is 57.3 Å². The number of likely N-dealkylation sites (N-methyl/N-ethyl adjacent to an activating group) is 1. The lowest BCUT2D eigenvalue weighted by atomic mass is 9.97. The molecule has 0 radical (unpaired) electrons. The van der Waals surface area contributed by atoms with Gasteiger partial charge in [0.1, 0.15) is 0 Å². The first-order valence-electron chi connectivity index (χ1n) is 6.45. The topological polar surface area (TPSA) is 12.0 Å². The van der Waals surface area contributed by atoms with Gasteiger partial charge in [-0.15, -0.1) is 11.3 Å². The molecule has 0 bridgehead atoms. The van der Waals surface area contributed by atoms with Gasteiger partial charge in [-0.1, -0.05) is 29.8 Å². The molecule has 0 aliphatic carbocycles. The Kier molecular flexibility index (Phi) is 4.56. The predicted octanol–water partition coefficient (Wildman–Crippen LogP) is 3.74. The van der Waals surface area contributed by atoms with Crippen molar-refractivity contribution in [1.29, 1.82) is 0 Å². The van der Waals surface area contributed by atoms with E-state index in [-0.39, 0.29) is 0 Å². The molecule has 96 valence electrons. The van der Waals surface area contributed by atoms with Gasteiger partial charge in [0.15, 0.2) is 0 Å². The molecule has 1 aromatic heterocycles. The monoisotopic (exact) mass is 259 g/mol. The Labute approximate surface area is 114 Å². The Balaban J connectivity index is 2.07. The van der Waals surface area contributed by atoms with Gasteiger partial charge >= 0.3 is 0 Å². The van der Waals surface area contributed by atoms with E-state index in [1.165, 1.54) is 21.6 Å². The molecule has 1 aromatic carbocycles. The van der Waals surface area contributed by atoms with Gasteiger partial charge in [-0.25, -0.2) is 0 Å². The lowest BCUT2D eigenvalue weighted by molar-refractivity contribution is 0.559. The lowest BCUT2D eigenvalue weighted by Crippen LogP contribution is -2.29. The smallest absolute Gasteiger partial charge is 0.0153 e. The first-order chi connectivity index (χ1) is 8.69. The van der Waals surface area contributed by atoms with Gasteiger partial charge in [-0.3, -0.25) is 0 Å². The predicted molar refractivity (Wildman–Crippen MR) is 80.5 cm³/mol. The Hall–Kier alpha value is -1.12. The highest BCUT2D eigenvalue weighted by molar-refractivity contribution is 7.09. The number of rotatable bonds is 5. The molecule has 0 amide bonds. The van der Waals surface area contributed by atoms with Gasteiger partial charge in [0.2, 0.25) is 0 Å². The zero-order valence-electron chi connectivity index (χ0n) is 11.4. The number of benzene rings is 1. The van der Waals surface area contributed by atoms with Crippen LogP contribution in [0.15, 0.2) is 35.7 Å². The molecular formula is C16H21NS. The summed E-state index contributed by atoms with van der Waals surface area (Å²) in [6.45, 7) is 4.36. The van der Waals surface area contributed by atoms with Crippen LogP contribution < -0.4 is 5.32 Å². The van der Waals surface area contributed by atoms with Crippen molar-refractivity contribution < 1.29 is 0 Å². The molecule has 0 saturated heterocycles. The third-order valence-corrected chi connectivity index (χ3v) is 4.31. The summed E-state index contributed by atoms with van der Waals surface area (Å²) in [6.07, 6.45) is 2.21. The normalized spacial score (nSPS) is 12.6. The Morgan fingerprint density at radius 2 is 2.00 bits per heavy atom. The van der Waals surface area contributed by atoms with Crippen molar-refractivity contribution >= 4 is 11.3 Å². The summed E-state index contributed by atoms with van der Waals surface area (Å²) >= 11 is 1.84. The van der Waals surface area contributed by atoms with Crippen LogP contribution in [0.1, 0.15) is 21.6 Å². The third kappa shape index (κ3) is 3.44. The van der Waals surface area contributed by atoms with Crippen LogP contribution in [0, 0.1) is 13.8 Å². The van der Waals surface area contributed by atoms with Gasteiger partial charge in [-0.2, -0.15) is 0 Å². The van der Waals surface area contributed by atoms with E-state index in [2.05, 4.69) is 61.9 Å². The molecule has 0 aliphatic heterocycles. The highest BCUT2D eigenvalue weighted by Crippen LogP contribution is 2.17. The summed E-state index contributed by atoms with van der Waals surface area (Å²) in [6, 6.07) is 11.6. The maximum Gasteiger partial charge on any atom is 0.0153 e. The van der Waals surface area contributed by atoms with Crippen molar-refractivity contribution in [2.75, 3.05) is 7.05 Å². The van der Waals surface area contributed by atoms with Crippen LogP contribution in [-0.2, 0) is 12.8 Å². The minimum absolute atomic E-state index is 0.518. The molecular weight excluding hydrogens is 238 g/mol. The number of thiophene rings is 1. The second-order valence-corrected chi connectivity index (χ2v) is 5.94. The van der Waals surface area contributed by atoms with Crippen molar-refractivity contribution in [1.82, 2.24) is 5.32 Å². The highest BCUT2D eigenvalue weighted by atomic mass is 32.1. The third-order valence-electron chi connectivity index (χ3n) is 3.41. The zero-order valence-corrected chi connectivity index (χ0v) is 12.2.